The summed E-state index contributed by atoms with van der Waals surface area (Å²) in [5.41, 5.74) is 0.343. The molecule has 1 aliphatic rings. The maximum absolute atomic E-state index is 12.1. The van der Waals surface area contributed by atoms with Crippen molar-refractivity contribution in [1.29, 1.82) is 0 Å². The zero-order chi connectivity index (χ0) is 13.2. The van der Waals surface area contributed by atoms with Gasteiger partial charge < -0.3 is 9.88 Å². The van der Waals surface area contributed by atoms with Crippen LogP contribution in [-0.4, -0.2) is 20.4 Å². The molecule has 0 unspecified atom stereocenters. The molecule has 0 aliphatic carbocycles. The van der Waals surface area contributed by atoms with Crippen LogP contribution in [-0.2, 0) is 13.0 Å². The summed E-state index contributed by atoms with van der Waals surface area (Å²) in [7, 11) is 0. The van der Waals surface area contributed by atoms with Crippen molar-refractivity contribution in [3.8, 4) is 0 Å². The number of rotatable bonds is 2. The molecular formula is C13H13ClN4O. The molecule has 6 heteroatoms. The molecule has 3 heterocycles. The Hall–Kier alpha value is -1.88. The molecule has 0 bridgehead atoms. The molecule has 5 nitrogen and oxygen atoms in total. The predicted molar refractivity (Wildman–Crippen MR) is 72.4 cm³/mol. The lowest BCUT2D eigenvalue weighted by Gasteiger charge is -2.16. The van der Waals surface area contributed by atoms with Crippen LogP contribution in [0.2, 0.25) is 5.02 Å². The van der Waals surface area contributed by atoms with E-state index in [1.807, 2.05) is 0 Å². The normalized spacial score (nSPS) is 13.9. The minimum Gasteiger partial charge on any atom is -0.315 e. The molecule has 0 fully saturated rings. The van der Waals surface area contributed by atoms with Gasteiger partial charge in [-0.2, -0.15) is 0 Å². The molecule has 2 aromatic rings. The van der Waals surface area contributed by atoms with Gasteiger partial charge >= 0.3 is 0 Å². The number of aromatic nitrogens is 3. The molecule has 19 heavy (non-hydrogen) atoms. The van der Waals surface area contributed by atoms with Crippen LogP contribution < -0.4 is 5.32 Å². The summed E-state index contributed by atoms with van der Waals surface area (Å²) in [6.07, 6.45) is 6.40. The first kappa shape index (κ1) is 12.2. The highest BCUT2D eigenvalue weighted by molar-refractivity contribution is 6.30. The minimum absolute atomic E-state index is 0.245. The van der Waals surface area contributed by atoms with Crippen LogP contribution in [0.4, 0.5) is 5.82 Å². The molecule has 0 saturated heterocycles. The minimum atomic E-state index is -0.245. The molecule has 2 aromatic heterocycles. The predicted octanol–water partition coefficient (Wildman–Crippen LogP) is 2.52. The maximum Gasteiger partial charge on any atom is 0.275 e. The fraction of sp³-hybridized carbons (Fsp3) is 0.308. The second-order valence-corrected chi connectivity index (χ2v) is 4.92. The highest BCUT2D eigenvalue weighted by atomic mass is 35.5. The average Bonchev–Trinajstić information content (AvgIpc) is 2.83. The highest BCUT2D eigenvalue weighted by Crippen LogP contribution is 2.20. The first-order valence-electron chi connectivity index (χ1n) is 6.21. The van der Waals surface area contributed by atoms with Gasteiger partial charge in [-0.1, -0.05) is 11.6 Å². The number of carbonyl (C=O) groups excluding carboxylic acids is 1. The molecule has 0 atom stereocenters. The van der Waals surface area contributed by atoms with Crippen molar-refractivity contribution in [1.82, 2.24) is 14.5 Å². The van der Waals surface area contributed by atoms with Crippen molar-refractivity contribution in [2.24, 2.45) is 0 Å². The lowest BCUT2D eigenvalue weighted by Crippen LogP contribution is -2.18. The lowest BCUT2D eigenvalue weighted by molar-refractivity contribution is 0.102. The van der Waals surface area contributed by atoms with E-state index < -0.39 is 0 Å². The van der Waals surface area contributed by atoms with E-state index in [4.69, 9.17) is 11.6 Å². The van der Waals surface area contributed by atoms with Crippen LogP contribution in [0.25, 0.3) is 0 Å². The van der Waals surface area contributed by atoms with Crippen LogP contribution in [0.15, 0.2) is 24.5 Å². The molecule has 98 valence electrons. The number of amides is 1. The van der Waals surface area contributed by atoms with Crippen molar-refractivity contribution in [3.05, 3.63) is 41.1 Å². The molecule has 1 N–H and O–H groups in total. The van der Waals surface area contributed by atoms with E-state index in [9.17, 15) is 4.79 Å². The standard InChI is InChI=1S/C13H13ClN4O/c14-9-4-5-10(15-7-9)13(19)17-12-8-16-11-3-1-2-6-18(11)12/h4-5,7-8H,1-3,6H2,(H,17,19). The number of hydrogen-bond donors (Lipinski definition) is 1. The van der Waals surface area contributed by atoms with Crippen molar-refractivity contribution >= 4 is 23.3 Å². The molecule has 0 spiro atoms. The van der Waals surface area contributed by atoms with Crippen LogP contribution in [0.1, 0.15) is 29.2 Å². The Morgan fingerprint density at radius 3 is 2.95 bits per heavy atom. The largest absolute Gasteiger partial charge is 0.315 e. The number of nitrogens with zero attached hydrogens (tertiary/aromatic N) is 3. The second kappa shape index (κ2) is 5.01. The number of hydrogen-bond acceptors (Lipinski definition) is 3. The van der Waals surface area contributed by atoms with E-state index in [1.165, 1.54) is 6.20 Å². The summed E-state index contributed by atoms with van der Waals surface area (Å²) >= 11 is 5.75. The Balaban J connectivity index is 1.79. The summed E-state index contributed by atoms with van der Waals surface area (Å²) in [5.74, 6) is 1.52. The summed E-state index contributed by atoms with van der Waals surface area (Å²) in [5, 5.41) is 3.35. The number of anilines is 1. The molecular weight excluding hydrogens is 264 g/mol. The maximum atomic E-state index is 12.1. The Bertz CT molecular complexity index is 606. The van der Waals surface area contributed by atoms with Gasteiger partial charge in [-0.3, -0.25) is 4.79 Å². The monoisotopic (exact) mass is 276 g/mol. The molecule has 3 rings (SSSR count). The van der Waals surface area contributed by atoms with Crippen molar-refractivity contribution in [3.63, 3.8) is 0 Å². The molecule has 1 amide bonds. The van der Waals surface area contributed by atoms with Crippen molar-refractivity contribution in [2.75, 3.05) is 5.32 Å². The van der Waals surface area contributed by atoms with Gasteiger partial charge in [-0.25, -0.2) is 9.97 Å². The van der Waals surface area contributed by atoms with Crippen molar-refractivity contribution < 1.29 is 4.79 Å². The number of halogens is 1. The number of carbonyl (C=O) groups is 1. The number of pyridine rings is 1. The van der Waals surface area contributed by atoms with E-state index >= 15 is 0 Å². The Morgan fingerprint density at radius 1 is 1.26 bits per heavy atom. The number of fused-ring (bicyclic) bond motifs is 1. The first-order chi connectivity index (χ1) is 9.24. The third-order valence-electron chi connectivity index (χ3n) is 3.17. The zero-order valence-electron chi connectivity index (χ0n) is 10.3. The Kier molecular flexibility index (Phi) is 3.21. The van der Waals surface area contributed by atoms with Gasteiger partial charge in [0.2, 0.25) is 0 Å². The summed E-state index contributed by atoms with van der Waals surface area (Å²) < 4.78 is 2.05. The van der Waals surface area contributed by atoms with Crippen LogP contribution in [0.5, 0.6) is 0 Å². The van der Waals surface area contributed by atoms with E-state index in [1.54, 1.807) is 18.3 Å². The molecule has 0 radical (unpaired) electrons. The van der Waals surface area contributed by atoms with Gasteiger partial charge in [-0.15, -0.1) is 0 Å². The summed E-state index contributed by atoms with van der Waals surface area (Å²) in [6.45, 7) is 0.902. The number of nitrogens with one attached hydrogen (secondary N) is 1. The van der Waals surface area contributed by atoms with Crippen LogP contribution in [0, 0.1) is 0 Å². The topological polar surface area (TPSA) is 59.8 Å². The highest BCUT2D eigenvalue weighted by Gasteiger charge is 2.16. The second-order valence-electron chi connectivity index (χ2n) is 4.48. The quantitative estimate of drug-likeness (QED) is 0.917. The number of imidazole rings is 1. The third-order valence-corrected chi connectivity index (χ3v) is 3.40. The average molecular weight is 277 g/mol. The summed E-state index contributed by atoms with van der Waals surface area (Å²) in [4.78, 5) is 20.4. The van der Waals surface area contributed by atoms with Gasteiger partial charge in [0.25, 0.3) is 5.91 Å². The Morgan fingerprint density at radius 2 is 2.16 bits per heavy atom. The van der Waals surface area contributed by atoms with Crippen LogP contribution in [0.3, 0.4) is 0 Å². The third kappa shape index (κ3) is 2.46. The van der Waals surface area contributed by atoms with Gasteiger partial charge in [0.15, 0.2) is 0 Å². The van der Waals surface area contributed by atoms with Gasteiger partial charge in [0, 0.05) is 19.2 Å². The van der Waals surface area contributed by atoms with E-state index in [2.05, 4.69) is 19.9 Å². The van der Waals surface area contributed by atoms with Crippen molar-refractivity contribution in [2.45, 2.75) is 25.8 Å². The van der Waals surface area contributed by atoms with E-state index in [0.29, 0.717) is 10.7 Å². The summed E-state index contributed by atoms with van der Waals surface area (Å²) in [6, 6.07) is 3.25. The fourth-order valence-corrected chi connectivity index (χ4v) is 2.32. The smallest absolute Gasteiger partial charge is 0.275 e. The molecule has 0 saturated carbocycles. The van der Waals surface area contributed by atoms with Gasteiger partial charge in [0.1, 0.15) is 17.3 Å². The first-order valence-corrected chi connectivity index (χ1v) is 6.59. The SMILES string of the molecule is O=C(Nc1cnc2n1CCCC2)c1ccc(Cl)cn1. The van der Waals surface area contributed by atoms with Gasteiger partial charge in [-0.05, 0) is 25.0 Å². The fourth-order valence-electron chi connectivity index (χ4n) is 2.21. The number of aryl methyl sites for hydroxylation is 1. The lowest BCUT2D eigenvalue weighted by atomic mass is 10.2. The van der Waals surface area contributed by atoms with E-state index in [0.717, 1.165) is 37.4 Å². The molecule has 1 aliphatic heterocycles. The van der Waals surface area contributed by atoms with E-state index in [-0.39, 0.29) is 5.91 Å². The van der Waals surface area contributed by atoms with Crippen LogP contribution >= 0.6 is 11.6 Å². The van der Waals surface area contributed by atoms with Gasteiger partial charge in [0.05, 0.1) is 11.2 Å². The Labute approximate surface area is 115 Å². The molecule has 0 aromatic carbocycles. The zero-order valence-corrected chi connectivity index (χ0v) is 11.0.